The Morgan fingerprint density at radius 2 is 0.473 bits per heavy atom. The van der Waals surface area contributed by atoms with Gasteiger partial charge in [0.2, 0.25) is 0 Å². The van der Waals surface area contributed by atoms with Gasteiger partial charge in [0.05, 0.1) is 22.8 Å². The Labute approximate surface area is 650 Å². The third-order valence-electron chi connectivity index (χ3n) is 23.0. The molecule has 22 rings (SSSR count). The summed E-state index contributed by atoms with van der Waals surface area (Å²) in [7, 11) is 0. The fourth-order valence-corrected chi connectivity index (χ4v) is 18.1. The van der Waals surface area contributed by atoms with E-state index in [1.165, 1.54) is 37.9 Å². The highest BCUT2D eigenvalue weighted by Gasteiger charge is 2.45. The Balaban J connectivity index is 0.904. The van der Waals surface area contributed by atoms with Crippen LogP contribution in [0.3, 0.4) is 0 Å². The molecule has 20 aromatic rings. The fourth-order valence-electron chi connectivity index (χ4n) is 18.1. The average molecular weight is 1430 g/mol. The summed E-state index contributed by atoms with van der Waals surface area (Å²) >= 11 is 0. The van der Waals surface area contributed by atoms with Crippen LogP contribution < -0.4 is 26.2 Å². The van der Waals surface area contributed by atoms with Gasteiger partial charge < -0.3 is 23.4 Å². The molecule has 0 unspecified atom stereocenters. The second-order valence-electron chi connectivity index (χ2n) is 29.4. The van der Waals surface area contributed by atoms with Gasteiger partial charge in [-0.15, -0.1) is 0 Å². The SMILES string of the molecule is c1ccc(-c2cc(-c3ccccc3)cc(N3c4cc(-n5c(-c6ccccc6)c6ccccc6c5-c5ccccc5)ccc4B4c5ccc(-n6c(-c7ccccc7)c7ccccc7c6-c6ccccc6)cc5N(c5cc(-c6ccccc6)cc(-c6ccccc6)c5)c5cc(-c6ccc7oc8ccccc8c7c6)cc3c54)c2)cc1. The maximum atomic E-state index is 6.68. The normalized spacial score (nSPS) is 12.2. The molecule has 112 heavy (non-hydrogen) atoms. The molecule has 17 aromatic carbocycles. The van der Waals surface area contributed by atoms with Crippen molar-refractivity contribution in [3.05, 3.63) is 419 Å². The first-order chi connectivity index (χ1) is 55.6. The van der Waals surface area contributed by atoms with Crippen molar-refractivity contribution >= 4 is 101 Å². The zero-order valence-corrected chi connectivity index (χ0v) is 61.1. The number of hydrogen-bond donors (Lipinski definition) is 0. The van der Waals surface area contributed by atoms with Gasteiger partial charge in [-0.25, -0.2) is 0 Å². The summed E-state index contributed by atoms with van der Waals surface area (Å²) in [4.78, 5) is 5.26. The fraction of sp³-hybridized carbons (Fsp3) is 0. The average Bonchev–Trinajstić information content (AvgIpc) is 0.870. The van der Waals surface area contributed by atoms with Gasteiger partial charge in [-0.1, -0.05) is 328 Å². The lowest BCUT2D eigenvalue weighted by Crippen LogP contribution is -2.61. The summed E-state index contributed by atoms with van der Waals surface area (Å²) in [5, 5.41) is 6.85. The van der Waals surface area contributed by atoms with Gasteiger partial charge in [0, 0.05) is 77.8 Å². The number of rotatable bonds is 13. The molecule has 0 fully saturated rings. The number of hydrogen-bond acceptors (Lipinski definition) is 3. The van der Waals surface area contributed by atoms with E-state index in [9.17, 15) is 0 Å². The molecule has 0 spiro atoms. The van der Waals surface area contributed by atoms with Crippen LogP contribution in [0.1, 0.15) is 0 Å². The molecule has 5 heterocycles. The molecule has 3 aromatic heterocycles. The van der Waals surface area contributed by atoms with Crippen LogP contribution in [0.15, 0.2) is 423 Å². The van der Waals surface area contributed by atoms with Crippen molar-refractivity contribution < 1.29 is 4.42 Å². The summed E-state index contributed by atoms with van der Waals surface area (Å²) in [6.45, 7) is -0.311. The lowest BCUT2D eigenvalue weighted by atomic mass is 9.33. The summed E-state index contributed by atoms with van der Waals surface area (Å²) in [5.41, 5.74) is 33.8. The lowest BCUT2D eigenvalue weighted by molar-refractivity contribution is 0.669. The van der Waals surface area contributed by atoms with Gasteiger partial charge in [0.1, 0.15) is 11.2 Å². The Kier molecular flexibility index (Phi) is 15.3. The Hall–Kier alpha value is -14.7. The van der Waals surface area contributed by atoms with Crippen LogP contribution in [0.25, 0.3) is 156 Å². The van der Waals surface area contributed by atoms with Crippen LogP contribution >= 0.6 is 0 Å². The minimum atomic E-state index is -0.311. The minimum absolute atomic E-state index is 0.311. The van der Waals surface area contributed by atoms with Crippen molar-refractivity contribution in [2.24, 2.45) is 0 Å². The standard InChI is InChI=1S/C106H69BN4O/c1-9-31-70(32-10-1)79-59-80(71-33-11-2-12-34-71)62-86(61-79)108-96-68-84(110-103(74-39-17-5-18-40-74)89-48-25-26-49-90(89)104(110)75-41-19-6-20-42-75)54-56-94(96)107-95-57-55-85(111-105(76-43-21-7-22-44-76)91-50-27-28-51-92(91)106(111)77-45-23-8-24-46-77)69-97(95)109(87-63-81(72-35-13-3-14-36-72)60-82(64-87)73-37-15-4-16-38-73)99-67-83(66-98(108)102(99)107)78-53-58-101-93(65-78)88-47-29-30-52-100(88)112-101/h1-69H. The van der Waals surface area contributed by atoms with E-state index >= 15 is 0 Å². The summed E-state index contributed by atoms with van der Waals surface area (Å²) < 4.78 is 11.8. The molecule has 0 N–H and O–H groups in total. The van der Waals surface area contributed by atoms with Crippen molar-refractivity contribution in [1.82, 2.24) is 9.13 Å². The predicted octanol–water partition coefficient (Wildman–Crippen LogP) is 26.6. The van der Waals surface area contributed by atoms with Crippen molar-refractivity contribution in [3.8, 4) is 112 Å². The molecular formula is C106H69BN4O. The monoisotopic (exact) mass is 1420 g/mol. The van der Waals surface area contributed by atoms with E-state index in [4.69, 9.17) is 4.42 Å². The largest absolute Gasteiger partial charge is 0.456 e. The Morgan fingerprint density at radius 1 is 0.179 bits per heavy atom. The molecule has 2 aliphatic rings. The molecule has 522 valence electrons. The second kappa shape index (κ2) is 26.6. The molecule has 0 aliphatic carbocycles. The molecule has 6 heteroatoms. The van der Waals surface area contributed by atoms with Crippen molar-refractivity contribution in [1.29, 1.82) is 0 Å². The van der Waals surface area contributed by atoms with E-state index < -0.39 is 0 Å². The number of para-hydroxylation sites is 1. The molecule has 0 bridgehead atoms. The molecular weight excluding hydrogens is 1360 g/mol. The third-order valence-corrected chi connectivity index (χ3v) is 23.0. The van der Waals surface area contributed by atoms with Gasteiger partial charge >= 0.3 is 0 Å². The molecule has 0 saturated heterocycles. The van der Waals surface area contributed by atoms with Crippen LogP contribution in [0.4, 0.5) is 34.1 Å². The molecule has 0 radical (unpaired) electrons. The molecule has 2 aliphatic heterocycles. The first kappa shape index (κ1) is 64.5. The van der Waals surface area contributed by atoms with E-state index in [0.717, 1.165) is 168 Å². The molecule has 0 atom stereocenters. The highest BCUT2D eigenvalue weighted by Crippen LogP contribution is 2.52. The van der Waals surface area contributed by atoms with E-state index in [1.54, 1.807) is 0 Å². The van der Waals surface area contributed by atoms with Crippen molar-refractivity contribution in [3.63, 3.8) is 0 Å². The Morgan fingerprint density at radius 3 is 0.821 bits per heavy atom. The molecule has 5 nitrogen and oxygen atoms in total. The maximum Gasteiger partial charge on any atom is 0.252 e. The van der Waals surface area contributed by atoms with Crippen molar-refractivity contribution in [2.75, 3.05) is 9.80 Å². The zero-order valence-electron chi connectivity index (χ0n) is 61.1. The number of anilines is 6. The first-order valence-electron chi connectivity index (χ1n) is 38.6. The summed E-state index contributed by atoms with van der Waals surface area (Å²) in [6.07, 6.45) is 0. The number of furan rings is 1. The van der Waals surface area contributed by atoms with Crippen LogP contribution in [0, 0.1) is 0 Å². The number of fused-ring (bicyclic) bond motifs is 9. The number of aromatic nitrogens is 2. The van der Waals surface area contributed by atoms with E-state index in [2.05, 4.69) is 438 Å². The van der Waals surface area contributed by atoms with Gasteiger partial charge in [0.25, 0.3) is 6.71 Å². The van der Waals surface area contributed by atoms with Gasteiger partial charge in [-0.3, -0.25) is 0 Å². The minimum Gasteiger partial charge on any atom is -0.456 e. The Bertz CT molecular complexity index is 6410. The lowest BCUT2D eigenvalue weighted by Gasteiger charge is -2.45. The highest BCUT2D eigenvalue weighted by atomic mass is 16.3. The van der Waals surface area contributed by atoms with Gasteiger partial charge in [-0.05, 0) is 185 Å². The van der Waals surface area contributed by atoms with Crippen LogP contribution in [0.2, 0.25) is 0 Å². The van der Waals surface area contributed by atoms with Gasteiger partial charge in [-0.2, -0.15) is 0 Å². The summed E-state index contributed by atoms with van der Waals surface area (Å²) in [6, 6.07) is 155. The van der Waals surface area contributed by atoms with Crippen LogP contribution in [0.5, 0.6) is 0 Å². The highest BCUT2D eigenvalue weighted by molar-refractivity contribution is 7.00. The predicted molar refractivity (Wildman–Crippen MR) is 470 cm³/mol. The molecule has 0 saturated carbocycles. The quantitative estimate of drug-likeness (QED) is 0.108. The van der Waals surface area contributed by atoms with Crippen molar-refractivity contribution in [2.45, 2.75) is 0 Å². The van der Waals surface area contributed by atoms with E-state index in [1.807, 2.05) is 0 Å². The second-order valence-corrected chi connectivity index (χ2v) is 29.4. The van der Waals surface area contributed by atoms with Crippen LogP contribution in [-0.2, 0) is 0 Å². The first-order valence-corrected chi connectivity index (χ1v) is 38.6. The topological polar surface area (TPSA) is 29.5 Å². The van der Waals surface area contributed by atoms with E-state index in [0.29, 0.717) is 0 Å². The third kappa shape index (κ3) is 10.7. The smallest absolute Gasteiger partial charge is 0.252 e. The molecule has 0 amide bonds. The van der Waals surface area contributed by atoms with Crippen LogP contribution in [-0.4, -0.2) is 15.8 Å². The summed E-state index contributed by atoms with van der Waals surface area (Å²) in [5.74, 6) is 0. The number of benzene rings is 17. The van der Waals surface area contributed by atoms with E-state index in [-0.39, 0.29) is 6.71 Å². The maximum absolute atomic E-state index is 6.68. The zero-order chi connectivity index (χ0) is 73.7. The number of nitrogens with zero attached hydrogens (tertiary/aromatic N) is 4. The van der Waals surface area contributed by atoms with Gasteiger partial charge in [0.15, 0.2) is 0 Å².